The summed E-state index contributed by atoms with van der Waals surface area (Å²) in [5.41, 5.74) is 1.87. The lowest BCUT2D eigenvalue weighted by Gasteiger charge is -2.39. The molecule has 1 unspecified atom stereocenters. The average Bonchev–Trinajstić information content (AvgIpc) is 3.10. The zero-order valence-corrected chi connectivity index (χ0v) is 17.8. The van der Waals surface area contributed by atoms with E-state index < -0.39 is 5.97 Å². The Kier molecular flexibility index (Phi) is 6.19. The number of carbonyl (C=O) groups is 2. The third kappa shape index (κ3) is 4.41. The monoisotopic (exact) mass is 418 g/mol. The van der Waals surface area contributed by atoms with Crippen LogP contribution in [0.3, 0.4) is 0 Å². The van der Waals surface area contributed by atoms with E-state index in [1.807, 2.05) is 36.7 Å². The van der Waals surface area contributed by atoms with Gasteiger partial charge < -0.3 is 19.5 Å². The highest BCUT2D eigenvalue weighted by atomic mass is 35.5. The van der Waals surface area contributed by atoms with Crippen LogP contribution >= 0.6 is 11.6 Å². The number of carboxylic acids is 1. The second kappa shape index (κ2) is 8.47. The van der Waals surface area contributed by atoms with Crippen molar-refractivity contribution in [1.29, 1.82) is 0 Å². The zero-order chi connectivity index (χ0) is 21.3. The van der Waals surface area contributed by atoms with E-state index in [4.69, 9.17) is 11.6 Å². The van der Waals surface area contributed by atoms with Crippen LogP contribution in [0.15, 0.2) is 36.5 Å². The van der Waals surface area contributed by atoms with Crippen LogP contribution in [-0.4, -0.2) is 64.7 Å². The molecule has 1 aromatic carbocycles. The van der Waals surface area contributed by atoms with Crippen molar-refractivity contribution in [3.8, 4) is 0 Å². The Morgan fingerprint density at radius 1 is 1.14 bits per heavy atom. The maximum Gasteiger partial charge on any atom is 0.337 e. The van der Waals surface area contributed by atoms with Gasteiger partial charge >= 0.3 is 12.0 Å². The summed E-state index contributed by atoms with van der Waals surface area (Å²) in [6, 6.07) is 8.74. The maximum atomic E-state index is 12.1. The van der Waals surface area contributed by atoms with Crippen molar-refractivity contribution in [3.63, 3.8) is 0 Å². The molecule has 0 spiro atoms. The first kappa shape index (κ1) is 21.2. The van der Waals surface area contributed by atoms with Crippen molar-refractivity contribution in [2.45, 2.75) is 32.0 Å². The standard InChI is InChI=1S/C21H27ClN4O3/c1-13(2)26-10-9-17(20(27)28)19(26)18(14-5-7-15(22)8-6-14)23-16-11-24(3)21(29)25(4)12-16/h5-10,13,16,18,23H,11-12H2,1-4H3,(H,27,28). The second-order valence-corrected chi connectivity index (χ2v) is 8.25. The number of amides is 2. The van der Waals surface area contributed by atoms with Crippen molar-refractivity contribution in [3.05, 3.63) is 58.4 Å². The average molecular weight is 419 g/mol. The van der Waals surface area contributed by atoms with Crippen LogP contribution in [0.5, 0.6) is 0 Å². The number of hydrogen-bond acceptors (Lipinski definition) is 3. The Balaban J connectivity index is 2.05. The van der Waals surface area contributed by atoms with Crippen LogP contribution in [0.25, 0.3) is 0 Å². The molecule has 0 saturated carbocycles. The molecule has 1 aliphatic heterocycles. The molecule has 29 heavy (non-hydrogen) atoms. The van der Waals surface area contributed by atoms with Gasteiger partial charge in [-0.15, -0.1) is 0 Å². The number of rotatable bonds is 6. The number of carboxylic acid groups (broad SMARTS) is 1. The number of aromatic nitrogens is 1. The number of urea groups is 1. The lowest BCUT2D eigenvalue weighted by molar-refractivity contribution is 0.0694. The van der Waals surface area contributed by atoms with Crippen molar-refractivity contribution in [2.24, 2.45) is 0 Å². The Hall–Kier alpha value is -2.51. The van der Waals surface area contributed by atoms with Gasteiger partial charge in [-0.3, -0.25) is 5.32 Å². The van der Waals surface area contributed by atoms with Gasteiger partial charge in [0.1, 0.15) is 0 Å². The molecule has 1 saturated heterocycles. The number of carbonyl (C=O) groups excluding carboxylic acids is 1. The van der Waals surface area contributed by atoms with Crippen LogP contribution in [0.4, 0.5) is 4.79 Å². The molecular weight excluding hydrogens is 392 g/mol. The number of hydrogen-bond donors (Lipinski definition) is 2. The van der Waals surface area contributed by atoms with Crippen LogP contribution in [-0.2, 0) is 0 Å². The molecule has 7 nitrogen and oxygen atoms in total. The van der Waals surface area contributed by atoms with E-state index in [2.05, 4.69) is 5.32 Å². The van der Waals surface area contributed by atoms with Gasteiger partial charge in [0.25, 0.3) is 0 Å². The summed E-state index contributed by atoms with van der Waals surface area (Å²) in [7, 11) is 3.53. The minimum absolute atomic E-state index is 0.0251. The smallest absolute Gasteiger partial charge is 0.337 e. The first-order valence-electron chi connectivity index (χ1n) is 9.60. The van der Waals surface area contributed by atoms with Gasteiger partial charge in [0.05, 0.1) is 17.3 Å². The Labute approximate surface area is 175 Å². The molecule has 3 rings (SSSR count). The molecule has 1 fully saturated rings. The number of likely N-dealkylation sites (N-methyl/N-ethyl adjacent to an activating group) is 2. The number of aromatic carboxylic acids is 1. The summed E-state index contributed by atoms with van der Waals surface area (Å²) in [4.78, 5) is 27.4. The van der Waals surface area contributed by atoms with Crippen molar-refractivity contribution in [1.82, 2.24) is 19.7 Å². The Bertz CT molecular complexity index is 880. The molecule has 2 amide bonds. The minimum atomic E-state index is -0.965. The molecule has 2 heterocycles. The maximum absolute atomic E-state index is 12.1. The van der Waals surface area contributed by atoms with Gasteiger partial charge in [-0.25, -0.2) is 9.59 Å². The minimum Gasteiger partial charge on any atom is -0.478 e. The lowest BCUT2D eigenvalue weighted by atomic mass is 9.98. The van der Waals surface area contributed by atoms with Crippen molar-refractivity contribution < 1.29 is 14.7 Å². The highest BCUT2D eigenvalue weighted by molar-refractivity contribution is 6.30. The molecule has 1 atom stereocenters. The van der Waals surface area contributed by atoms with Gasteiger partial charge in [0.2, 0.25) is 0 Å². The Morgan fingerprint density at radius 3 is 2.24 bits per heavy atom. The predicted octanol–water partition coefficient (Wildman–Crippen LogP) is 3.47. The molecule has 0 radical (unpaired) electrons. The van der Waals surface area contributed by atoms with Gasteiger partial charge in [-0.2, -0.15) is 0 Å². The third-order valence-electron chi connectivity index (χ3n) is 5.26. The number of benzene rings is 1. The fraction of sp³-hybridized carbons (Fsp3) is 0.429. The molecule has 8 heteroatoms. The van der Waals surface area contributed by atoms with Crippen molar-refractivity contribution in [2.75, 3.05) is 27.2 Å². The predicted molar refractivity (Wildman–Crippen MR) is 113 cm³/mol. The van der Waals surface area contributed by atoms with Gasteiger partial charge in [-0.05, 0) is 37.6 Å². The summed E-state index contributed by atoms with van der Waals surface area (Å²) in [5.74, 6) is -0.965. The molecule has 0 aliphatic carbocycles. The topological polar surface area (TPSA) is 77.8 Å². The summed E-state index contributed by atoms with van der Waals surface area (Å²) in [6.45, 7) is 5.12. The highest BCUT2D eigenvalue weighted by Gasteiger charge is 2.32. The van der Waals surface area contributed by atoms with Gasteiger partial charge in [0, 0.05) is 50.5 Å². The summed E-state index contributed by atoms with van der Waals surface area (Å²) < 4.78 is 1.98. The van der Waals surface area contributed by atoms with Crippen molar-refractivity contribution >= 4 is 23.6 Å². The normalized spacial score (nSPS) is 16.6. The number of halogens is 1. The van der Waals surface area contributed by atoms with E-state index in [-0.39, 0.29) is 29.7 Å². The fourth-order valence-corrected chi connectivity index (χ4v) is 4.02. The number of nitrogens with one attached hydrogen (secondary N) is 1. The van der Waals surface area contributed by atoms with E-state index in [1.54, 1.807) is 42.1 Å². The molecule has 1 aliphatic rings. The molecule has 2 aromatic rings. The summed E-state index contributed by atoms with van der Waals surface area (Å²) >= 11 is 6.08. The molecule has 0 bridgehead atoms. The van der Waals surface area contributed by atoms with Crippen LogP contribution in [0.2, 0.25) is 5.02 Å². The largest absolute Gasteiger partial charge is 0.478 e. The first-order valence-corrected chi connectivity index (χ1v) is 9.98. The van der Waals surface area contributed by atoms with E-state index in [9.17, 15) is 14.7 Å². The number of nitrogens with zero attached hydrogens (tertiary/aromatic N) is 3. The third-order valence-corrected chi connectivity index (χ3v) is 5.52. The lowest BCUT2D eigenvalue weighted by Crippen LogP contribution is -2.57. The SMILES string of the molecule is CC(C)n1ccc(C(=O)O)c1C(NC1CN(C)C(=O)N(C)C1)c1ccc(Cl)cc1. The summed E-state index contributed by atoms with van der Waals surface area (Å²) in [6.07, 6.45) is 1.82. The highest BCUT2D eigenvalue weighted by Crippen LogP contribution is 2.30. The molecule has 1 aromatic heterocycles. The fourth-order valence-electron chi connectivity index (χ4n) is 3.89. The molecule has 156 valence electrons. The summed E-state index contributed by atoms with van der Waals surface area (Å²) in [5, 5.41) is 14.0. The zero-order valence-electron chi connectivity index (χ0n) is 17.1. The van der Waals surface area contributed by atoms with E-state index >= 15 is 0 Å². The van der Waals surface area contributed by atoms with E-state index in [1.165, 1.54) is 0 Å². The van der Waals surface area contributed by atoms with Crippen LogP contribution in [0.1, 0.15) is 47.5 Å². The van der Waals surface area contributed by atoms with Crippen LogP contribution in [0, 0.1) is 0 Å². The quantitative estimate of drug-likeness (QED) is 0.753. The van der Waals surface area contributed by atoms with Gasteiger partial charge in [-0.1, -0.05) is 23.7 Å². The Morgan fingerprint density at radius 2 is 1.72 bits per heavy atom. The molecular formula is C21H27ClN4O3. The van der Waals surface area contributed by atoms with E-state index in [0.717, 1.165) is 5.56 Å². The first-order chi connectivity index (χ1) is 13.7. The van der Waals surface area contributed by atoms with E-state index in [0.29, 0.717) is 23.8 Å². The van der Waals surface area contributed by atoms with Crippen LogP contribution < -0.4 is 5.32 Å². The molecule has 2 N–H and O–H groups in total. The van der Waals surface area contributed by atoms with Gasteiger partial charge in [0.15, 0.2) is 0 Å². The second-order valence-electron chi connectivity index (χ2n) is 7.81.